The molecule has 0 unspecified atom stereocenters. The molecule has 3 heterocycles. The van der Waals surface area contributed by atoms with E-state index < -0.39 is 0 Å². The molecule has 2 aromatic heterocycles. The Labute approximate surface area is 213 Å². The number of nitrogens with zero attached hydrogens (tertiary/aromatic N) is 4. The van der Waals surface area contributed by atoms with Crippen molar-refractivity contribution in [2.45, 2.75) is 57.2 Å². The fourth-order valence-corrected chi connectivity index (χ4v) is 5.43. The van der Waals surface area contributed by atoms with E-state index in [1.54, 1.807) is 0 Å². The van der Waals surface area contributed by atoms with Gasteiger partial charge in [0.15, 0.2) is 0 Å². The third-order valence-corrected chi connectivity index (χ3v) is 7.76. The molecule has 2 aliphatic carbocycles. The van der Waals surface area contributed by atoms with E-state index in [0.29, 0.717) is 6.04 Å². The van der Waals surface area contributed by atoms with E-state index in [4.69, 9.17) is 4.98 Å². The molecular weight excluding hydrogens is 460 g/mol. The lowest BCUT2D eigenvalue weighted by molar-refractivity contribution is 0.111. The van der Waals surface area contributed by atoms with Gasteiger partial charge in [0.1, 0.15) is 5.65 Å². The van der Waals surface area contributed by atoms with E-state index in [1.165, 1.54) is 29.5 Å². The molecular formula is C27H37ClN6O. The Morgan fingerprint density at radius 3 is 2.46 bits per heavy atom. The van der Waals surface area contributed by atoms with Gasteiger partial charge in [-0.15, -0.1) is 12.4 Å². The van der Waals surface area contributed by atoms with E-state index in [1.807, 2.05) is 6.20 Å². The zero-order chi connectivity index (χ0) is 22.9. The zero-order valence-electron chi connectivity index (χ0n) is 20.3. The van der Waals surface area contributed by atoms with Gasteiger partial charge in [0.25, 0.3) is 0 Å². The number of aromatic nitrogens is 3. The molecule has 2 saturated carbocycles. The molecule has 188 valence electrons. The average molecular weight is 497 g/mol. The molecule has 0 spiro atoms. The minimum Gasteiger partial charge on any atom is -0.393 e. The van der Waals surface area contributed by atoms with Gasteiger partial charge in [-0.2, -0.15) is 4.98 Å². The molecule has 35 heavy (non-hydrogen) atoms. The van der Waals surface area contributed by atoms with Gasteiger partial charge in [-0.25, -0.2) is 4.98 Å². The fraction of sp³-hybridized carbons (Fsp3) is 0.556. The maximum atomic E-state index is 10.0. The number of rotatable bonds is 7. The zero-order valence-corrected chi connectivity index (χ0v) is 21.1. The summed E-state index contributed by atoms with van der Waals surface area (Å²) < 4.78 is 2.36. The lowest BCUT2D eigenvalue weighted by Crippen LogP contribution is -2.42. The first-order valence-electron chi connectivity index (χ1n) is 13.0. The van der Waals surface area contributed by atoms with Crippen LogP contribution in [-0.4, -0.2) is 63.4 Å². The van der Waals surface area contributed by atoms with Crippen molar-refractivity contribution in [3.63, 3.8) is 0 Å². The summed E-state index contributed by atoms with van der Waals surface area (Å²) in [5.74, 6) is 1.51. The molecule has 3 fully saturated rings. The van der Waals surface area contributed by atoms with Gasteiger partial charge in [0, 0.05) is 68.7 Å². The summed E-state index contributed by atoms with van der Waals surface area (Å²) in [7, 11) is 0. The van der Waals surface area contributed by atoms with Crippen LogP contribution in [0, 0.1) is 5.92 Å². The predicted octanol–water partition coefficient (Wildman–Crippen LogP) is 4.22. The SMILES string of the molecule is Cl.OC1CCC(n2cc(-c3ccc(CN4CCNCC4)cc3)c3cnc(NCC4CC4)nc32)CC1. The van der Waals surface area contributed by atoms with E-state index in [0.717, 1.165) is 87.9 Å². The van der Waals surface area contributed by atoms with Crippen molar-refractivity contribution in [1.29, 1.82) is 0 Å². The minimum atomic E-state index is -0.161. The van der Waals surface area contributed by atoms with Crippen LogP contribution in [-0.2, 0) is 6.54 Å². The maximum Gasteiger partial charge on any atom is 0.224 e. The van der Waals surface area contributed by atoms with Crippen LogP contribution < -0.4 is 10.6 Å². The smallest absolute Gasteiger partial charge is 0.224 e. The number of nitrogens with one attached hydrogen (secondary N) is 2. The molecule has 1 aromatic carbocycles. The van der Waals surface area contributed by atoms with Gasteiger partial charge >= 0.3 is 0 Å². The van der Waals surface area contributed by atoms with Gasteiger partial charge in [-0.05, 0) is 55.6 Å². The number of aliphatic hydroxyl groups is 1. The van der Waals surface area contributed by atoms with Crippen LogP contribution in [0.4, 0.5) is 5.95 Å². The number of fused-ring (bicyclic) bond motifs is 1. The van der Waals surface area contributed by atoms with E-state index >= 15 is 0 Å². The molecule has 3 N–H and O–H groups in total. The molecule has 7 nitrogen and oxygen atoms in total. The Hall–Kier alpha value is -2.19. The van der Waals surface area contributed by atoms with Gasteiger partial charge in [0.2, 0.25) is 5.95 Å². The Morgan fingerprint density at radius 2 is 1.74 bits per heavy atom. The first-order valence-corrected chi connectivity index (χ1v) is 13.0. The second-order valence-corrected chi connectivity index (χ2v) is 10.4. The Bertz CT molecular complexity index is 1110. The van der Waals surface area contributed by atoms with Crippen LogP contribution in [0.1, 0.15) is 50.1 Å². The monoisotopic (exact) mass is 496 g/mol. The molecule has 1 saturated heterocycles. The van der Waals surface area contributed by atoms with Crippen molar-refractivity contribution in [2.24, 2.45) is 5.92 Å². The van der Waals surface area contributed by atoms with Crippen molar-refractivity contribution in [2.75, 3.05) is 38.0 Å². The third kappa shape index (κ3) is 5.64. The third-order valence-electron chi connectivity index (χ3n) is 7.76. The Morgan fingerprint density at radius 1 is 1.00 bits per heavy atom. The summed E-state index contributed by atoms with van der Waals surface area (Å²) in [6.45, 7) is 6.34. The molecule has 8 heteroatoms. The number of anilines is 1. The highest BCUT2D eigenvalue weighted by molar-refractivity contribution is 5.94. The first-order chi connectivity index (χ1) is 16.7. The van der Waals surface area contributed by atoms with Gasteiger partial charge in [-0.3, -0.25) is 4.90 Å². The van der Waals surface area contributed by atoms with E-state index in [9.17, 15) is 5.11 Å². The topological polar surface area (TPSA) is 78.2 Å². The normalized spacial score (nSPS) is 23.2. The van der Waals surface area contributed by atoms with Crippen LogP contribution in [0.25, 0.3) is 22.2 Å². The quantitative estimate of drug-likeness (QED) is 0.454. The Kier molecular flexibility index (Phi) is 7.58. The van der Waals surface area contributed by atoms with Crippen LogP contribution in [0.5, 0.6) is 0 Å². The highest BCUT2D eigenvalue weighted by Crippen LogP contribution is 2.37. The molecule has 0 atom stereocenters. The predicted molar refractivity (Wildman–Crippen MR) is 143 cm³/mol. The molecule has 0 amide bonds. The standard InChI is InChI=1S/C27H36N6O.ClH/c34-23-9-7-22(8-10-23)33-18-25(24-16-30-27(31-26(24)33)29-15-19-1-2-19)21-5-3-20(4-6-21)17-32-13-11-28-12-14-32;/h3-6,16,18-19,22-23,28,34H,1-2,7-15,17H2,(H,29,30,31);1H. The van der Waals surface area contributed by atoms with Gasteiger partial charge < -0.3 is 20.3 Å². The summed E-state index contributed by atoms with van der Waals surface area (Å²) >= 11 is 0. The van der Waals surface area contributed by atoms with Crippen molar-refractivity contribution >= 4 is 29.4 Å². The van der Waals surface area contributed by atoms with Crippen molar-refractivity contribution < 1.29 is 5.11 Å². The van der Waals surface area contributed by atoms with Crippen LogP contribution in [0.3, 0.4) is 0 Å². The number of hydrogen-bond donors (Lipinski definition) is 3. The minimum absolute atomic E-state index is 0. The van der Waals surface area contributed by atoms with Crippen molar-refractivity contribution in [1.82, 2.24) is 24.8 Å². The number of halogens is 1. The summed E-state index contributed by atoms with van der Waals surface area (Å²) in [6, 6.07) is 9.41. The molecule has 0 bridgehead atoms. The van der Waals surface area contributed by atoms with E-state index in [2.05, 4.69) is 55.5 Å². The number of aliphatic hydroxyl groups excluding tert-OH is 1. The number of piperazine rings is 1. The lowest BCUT2D eigenvalue weighted by atomic mass is 9.93. The summed E-state index contributed by atoms with van der Waals surface area (Å²) in [5.41, 5.74) is 4.78. The summed E-state index contributed by atoms with van der Waals surface area (Å²) in [4.78, 5) is 12.2. The second kappa shape index (κ2) is 10.8. The highest BCUT2D eigenvalue weighted by Gasteiger charge is 2.25. The fourth-order valence-electron chi connectivity index (χ4n) is 5.43. The molecule has 3 aliphatic rings. The van der Waals surface area contributed by atoms with Crippen molar-refractivity contribution in [3.8, 4) is 11.1 Å². The number of benzene rings is 1. The summed E-state index contributed by atoms with van der Waals surface area (Å²) in [6.07, 6.45) is 10.4. The van der Waals surface area contributed by atoms with Crippen LogP contribution in [0.2, 0.25) is 0 Å². The number of hydrogen-bond acceptors (Lipinski definition) is 6. The highest BCUT2D eigenvalue weighted by atomic mass is 35.5. The van der Waals surface area contributed by atoms with Gasteiger partial charge in [0.05, 0.1) is 6.10 Å². The van der Waals surface area contributed by atoms with Gasteiger partial charge in [-0.1, -0.05) is 24.3 Å². The second-order valence-electron chi connectivity index (χ2n) is 10.4. The lowest BCUT2D eigenvalue weighted by Gasteiger charge is -2.27. The molecule has 1 aliphatic heterocycles. The van der Waals surface area contributed by atoms with Crippen LogP contribution in [0.15, 0.2) is 36.7 Å². The largest absolute Gasteiger partial charge is 0.393 e. The van der Waals surface area contributed by atoms with Crippen LogP contribution >= 0.6 is 12.4 Å². The Balaban J connectivity index is 0.00000253. The molecule has 3 aromatic rings. The maximum absolute atomic E-state index is 10.0. The molecule has 6 rings (SSSR count). The van der Waals surface area contributed by atoms with E-state index in [-0.39, 0.29) is 18.5 Å². The van der Waals surface area contributed by atoms with Crippen molar-refractivity contribution in [3.05, 3.63) is 42.2 Å². The molecule has 0 radical (unpaired) electrons. The average Bonchev–Trinajstić information content (AvgIpc) is 3.64. The first kappa shape index (κ1) is 24.5. The summed E-state index contributed by atoms with van der Waals surface area (Å²) in [5, 5.41) is 18.0.